The second-order valence-electron chi connectivity index (χ2n) is 8.85. The van der Waals surface area contributed by atoms with Crippen molar-refractivity contribution in [2.24, 2.45) is 7.05 Å². The summed E-state index contributed by atoms with van der Waals surface area (Å²) in [6.07, 6.45) is 5.58. The van der Waals surface area contributed by atoms with Crippen LogP contribution in [0.1, 0.15) is 48.7 Å². The first-order chi connectivity index (χ1) is 15.3. The number of hydrogen-bond donors (Lipinski definition) is 2. The van der Waals surface area contributed by atoms with Crippen LogP contribution in [0, 0.1) is 0 Å². The predicted octanol–water partition coefficient (Wildman–Crippen LogP) is 2.88. The molecule has 5 rings (SSSR count). The van der Waals surface area contributed by atoms with E-state index in [9.17, 15) is 9.90 Å². The molecule has 9 heteroatoms. The third-order valence-electron chi connectivity index (χ3n) is 5.80. The van der Waals surface area contributed by atoms with Gasteiger partial charge in [0.15, 0.2) is 0 Å². The number of nitrogens with one attached hydrogen (secondary N) is 1. The molecule has 0 aromatic carbocycles. The summed E-state index contributed by atoms with van der Waals surface area (Å²) in [6, 6.07) is 7.19. The smallest absolute Gasteiger partial charge is 0.258 e. The van der Waals surface area contributed by atoms with Crippen molar-refractivity contribution in [2.45, 2.75) is 50.6 Å². The van der Waals surface area contributed by atoms with Crippen molar-refractivity contribution in [3.8, 4) is 17.1 Å². The van der Waals surface area contributed by atoms with Crippen LogP contribution in [0.25, 0.3) is 11.3 Å². The number of aliphatic hydroxyl groups is 1. The average molecular weight is 435 g/mol. The summed E-state index contributed by atoms with van der Waals surface area (Å²) in [5.41, 5.74) is 2.09. The number of rotatable bonds is 5. The molecule has 9 nitrogen and oxygen atoms in total. The molecule has 1 unspecified atom stereocenters. The lowest BCUT2D eigenvalue weighted by Gasteiger charge is -2.36. The number of anilines is 1. The highest BCUT2D eigenvalue weighted by molar-refractivity contribution is 6.03. The number of hydrogen-bond acceptors (Lipinski definition) is 7. The highest BCUT2D eigenvalue weighted by atomic mass is 16.6. The van der Waals surface area contributed by atoms with Gasteiger partial charge in [0.25, 0.3) is 5.91 Å². The molecule has 1 aliphatic carbocycles. The van der Waals surface area contributed by atoms with Gasteiger partial charge in [0, 0.05) is 30.6 Å². The third-order valence-corrected chi connectivity index (χ3v) is 5.80. The lowest BCUT2D eigenvalue weighted by atomic mass is 9.90. The topological polar surface area (TPSA) is 111 Å². The van der Waals surface area contributed by atoms with Gasteiger partial charge in [0.05, 0.1) is 29.7 Å². The first-order valence-corrected chi connectivity index (χ1v) is 10.6. The maximum atomic E-state index is 12.9. The summed E-state index contributed by atoms with van der Waals surface area (Å²) in [5.74, 6) is 0.580. The number of carbonyl (C=O) groups is 1. The van der Waals surface area contributed by atoms with Gasteiger partial charge in [-0.15, -0.1) is 0 Å². The number of aromatic nitrogens is 4. The van der Waals surface area contributed by atoms with Crippen molar-refractivity contribution in [2.75, 3.05) is 5.32 Å². The second-order valence-corrected chi connectivity index (χ2v) is 8.85. The Hall–Kier alpha value is -3.30. The normalized spacial score (nSPS) is 23.2. The van der Waals surface area contributed by atoms with Crippen molar-refractivity contribution in [1.29, 1.82) is 0 Å². The van der Waals surface area contributed by atoms with Crippen LogP contribution in [0.2, 0.25) is 0 Å². The molecule has 1 amide bonds. The van der Waals surface area contributed by atoms with Crippen molar-refractivity contribution >= 4 is 11.7 Å². The van der Waals surface area contributed by atoms with Gasteiger partial charge in [-0.3, -0.25) is 9.48 Å². The second kappa shape index (κ2) is 7.68. The third kappa shape index (κ3) is 3.85. The summed E-state index contributed by atoms with van der Waals surface area (Å²) in [7, 11) is 1.84. The summed E-state index contributed by atoms with van der Waals surface area (Å²) in [4.78, 5) is 21.8. The number of ether oxygens (including phenoxy) is 2. The van der Waals surface area contributed by atoms with E-state index in [0.29, 0.717) is 35.8 Å². The van der Waals surface area contributed by atoms with Crippen LogP contribution >= 0.6 is 0 Å². The van der Waals surface area contributed by atoms with Crippen LogP contribution in [0.5, 0.6) is 5.88 Å². The first-order valence-electron chi connectivity index (χ1n) is 10.6. The largest absolute Gasteiger partial charge is 0.468 e. The number of aliphatic hydroxyl groups excluding tert-OH is 1. The van der Waals surface area contributed by atoms with Gasteiger partial charge in [-0.25, -0.2) is 9.97 Å². The van der Waals surface area contributed by atoms with Gasteiger partial charge in [0.1, 0.15) is 17.5 Å². The SMILES string of the molecule is Cn1cc(-c2cccc(NC(=O)c3cnc4c(c3)C(O[C@H]3C[C@@H](O)C3)C(C)(C)O4)n2)cn1. The molecule has 3 aromatic heterocycles. The van der Waals surface area contributed by atoms with Crippen LogP contribution in [-0.4, -0.2) is 48.6 Å². The number of amides is 1. The Kier molecular flexibility index (Phi) is 4.94. The molecule has 2 N–H and O–H groups in total. The molecular formula is C23H25N5O4. The zero-order chi connectivity index (χ0) is 22.5. The highest BCUT2D eigenvalue weighted by Crippen LogP contribution is 2.46. The fourth-order valence-electron chi connectivity index (χ4n) is 4.03. The summed E-state index contributed by atoms with van der Waals surface area (Å²) in [6.45, 7) is 3.87. The molecule has 2 aliphatic rings. The maximum Gasteiger partial charge on any atom is 0.258 e. The highest BCUT2D eigenvalue weighted by Gasteiger charge is 2.46. The number of pyridine rings is 2. The summed E-state index contributed by atoms with van der Waals surface area (Å²) >= 11 is 0. The van der Waals surface area contributed by atoms with Crippen molar-refractivity contribution in [1.82, 2.24) is 19.7 Å². The van der Waals surface area contributed by atoms with E-state index in [1.54, 1.807) is 23.0 Å². The average Bonchev–Trinajstić information content (AvgIpc) is 3.27. The Balaban J connectivity index is 1.35. The van der Waals surface area contributed by atoms with Crippen molar-refractivity contribution < 1.29 is 19.4 Å². The van der Waals surface area contributed by atoms with Crippen LogP contribution in [-0.2, 0) is 11.8 Å². The van der Waals surface area contributed by atoms with Crippen molar-refractivity contribution in [3.63, 3.8) is 0 Å². The zero-order valence-electron chi connectivity index (χ0n) is 18.1. The van der Waals surface area contributed by atoms with Crippen molar-refractivity contribution in [3.05, 3.63) is 54.0 Å². The van der Waals surface area contributed by atoms with E-state index >= 15 is 0 Å². The Labute approximate surface area is 185 Å². The van der Waals surface area contributed by atoms with E-state index in [-0.39, 0.29) is 24.2 Å². The van der Waals surface area contributed by atoms with Crippen LogP contribution < -0.4 is 10.1 Å². The molecule has 0 bridgehead atoms. The predicted molar refractivity (Wildman–Crippen MR) is 116 cm³/mol. The Morgan fingerprint density at radius 3 is 2.84 bits per heavy atom. The fraction of sp³-hybridized carbons (Fsp3) is 0.391. The van der Waals surface area contributed by atoms with E-state index in [1.807, 2.05) is 39.2 Å². The number of nitrogens with zero attached hydrogens (tertiary/aromatic N) is 4. The van der Waals surface area contributed by atoms with Gasteiger partial charge < -0.3 is 19.9 Å². The molecule has 32 heavy (non-hydrogen) atoms. The van der Waals surface area contributed by atoms with E-state index in [1.165, 1.54) is 6.20 Å². The molecule has 1 fully saturated rings. The minimum Gasteiger partial charge on any atom is -0.468 e. The van der Waals surface area contributed by atoms with E-state index < -0.39 is 5.60 Å². The number of aryl methyl sites for hydroxylation is 1. The Morgan fingerprint density at radius 1 is 1.31 bits per heavy atom. The molecule has 166 valence electrons. The lowest BCUT2D eigenvalue weighted by molar-refractivity contribution is -0.143. The monoisotopic (exact) mass is 435 g/mol. The zero-order valence-corrected chi connectivity index (χ0v) is 18.1. The Morgan fingerprint density at radius 2 is 2.12 bits per heavy atom. The van der Waals surface area contributed by atoms with Gasteiger partial charge in [-0.05, 0) is 44.9 Å². The molecule has 4 heterocycles. The van der Waals surface area contributed by atoms with Crippen LogP contribution in [0.3, 0.4) is 0 Å². The molecule has 1 saturated carbocycles. The maximum absolute atomic E-state index is 12.9. The van der Waals surface area contributed by atoms with Crippen LogP contribution in [0.15, 0.2) is 42.9 Å². The first kappa shape index (κ1) is 20.6. The molecule has 1 atom stereocenters. The number of fused-ring (bicyclic) bond motifs is 1. The molecule has 0 saturated heterocycles. The standard InChI is InChI=1S/C23H25N5O4/c1-23(2)20(31-16-8-15(29)9-16)17-7-13(10-24-22(17)32-23)21(30)27-19-6-4-5-18(26-19)14-11-25-28(3)12-14/h4-7,10-12,15-16,20,29H,8-9H2,1-3H3,(H,26,27,30)/t15-,16+,20?. The van der Waals surface area contributed by atoms with E-state index in [4.69, 9.17) is 9.47 Å². The molecule has 0 spiro atoms. The minimum absolute atomic E-state index is 0.0271. The molecular weight excluding hydrogens is 410 g/mol. The van der Waals surface area contributed by atoms with Gasteiger partial charge >= 0.3 is 0 Å². The summed E-state index contributed by atoms with van der Waals surface area (Å²) < 4.78 is 13.9. The minimum atomic E-state index is -0.620. The van der Waals surface area contributed by atoms with Gasteiger partial charge in [0.2, 0.25) is 5.88 Å². The lowest BCUT2D eigenvalue weighted by Crippen LogP contribution is -2.41. The molecule has 0 radical (unpaired) electrons. The Bertz CT molecular complexity index is 1170. The van der Waals surface area contributed by atoms with E-state index in [2.05, 4.69) is 20.4 Å². The van der Waals surface area contributed by atoms with Gasteiger partial charge in [-0.2, -0.15) is 5.10 Å². The molecule has 1 aliphatic heterocycles. The fourth-order valence-corrected chi connectivity index (χ4v) is 4.03. The van der Waals surface area contributed by atoms with E-state index in [0.717, 1.165) is 11.1 Å². The van der Waals surface area contributed by atoms with Gasteiger partial charge in [-0.1, -0.05) is 6.07 Å². The quantitative estimate of drug-likeness (QED) is 0.634. The summed E-state index contributed by atoms with van der Waals surface area (Å²) in [5, 5.41) is 16.6. The molecule has 3 aromatic rings. The number of carbonyl (C=O) groups excluding carboxylic acids is 1. The van der Waals surface area contributed by atoms with Crippen LogP contribution in [0.4, 0.5) is 5.82 Å².